The third-order valence-electron chi connectivity index (χ3n) is 3.96. The highest BCUT2D eigenvalue weighted by atomic mass is 16.1. The predicted molar refractivity (Wildman–Crippen MR) is 78.1 cm³/mol. The van der Waals surface area contributed by atoms with Crippen molar-refractivity contribution in [3.63, 3.8) is 0 Å². The molecule has 3 heteroatoms. The number of hydrogen-bond acceptors (Lipinski definition) is 1. The summed E-state index contributed by atoms with van der Waals surface area (Å²) in [5.74, 6) is 0.117. The van der Waals surface area contributed by atoms with Crippen LogP contribution in [0, 0.1) is 0 Å². The van der Waals surface area contributed by atoms with E-state index in [1.807, 2.05) is 18.2 Å². The number of anilines is 1. The van der Waals surface area contributed by atoms with Crippen LogP contribution in [0.2, 0.25) is 0 Å². The van der Waals surface area contributed by atoms with E-state index in [4.69, 9.17) is 0 Å². The quantitative estimate of drug-likeness (QED) is 0.837. The van der Waals surface area contributed by atoms with Gasteiger partial charge in [0.25, 0.3) is 5.91 Å². The molecule has 19 heavy (non-hydrogen) atoms. The van der Waals surface area contributed by atoms with Gasteiger partial charge >= 0.3 is 0 Å². The third kappa shape index (κ3) is 4.35. The van der Waals surface area contributed by atoms with Gasteiger partial charge in [0.15, 0.2) is 6.54 Å². The smallest absolute Gasteiger partial charge is 0.279 e. The molecule has 0 heterocycles. The van der Waals surface area contributed by atoms with Gasteiger partial charge in [-0.1, -0.05) is 31.5 Å². The topological polar surface area (TPSA) is 45.7 Å². The normalized spacial score (nSPS) is 16.3. The van der Waals surface area contributed by atoms with Crippen LogP contribution in [0.3, 0.4) is 0 Å². The van der Waals surface area contributed by atoms with Gasteiger partial charge in [0.05, 0.1) is 6.04 Å². The van der Waals surface area contributed by atoms with Crippen molar-refractivity contribution in [3.8, 4) is 0 Å². The molecule has 0 aromatic heterocycles. The highest BCUT2D eigenvalue weighted by Gasteiger charge is 2.17. The number of rotatable bonds is 5. The molecule has 0 radical (unpaired) electrons. The molecule has 1 fully saturated rings. The van der Waals surface area contributed by atoms with Gasteiger partial charge in [0, 0.05) is 5.69 Å². The molecule has 0 atom stereocenters. The molecule has 0 saturated heterocycles. The fourth-order valence-electron chi connectivity index (χ4n) is 2.80. The average Bonchev–Trinajstić information content (AvgIpc) is 2.47. The second kappa shape index (κ2) is 7.29. The number of amides is 1. The van der Waals surface area contributed by atoms with Gasteiger partial charge in [-0.15, -0.1) is 0 Å². The summed E-state index contributed by atoms with van der Waals surface area (Å²) < 4.78 is 0. The SMILES string of the molecule is CCc1ccccc1NC(=O)C[NH2+]C1CCCCC1. The number of para-hydroxylation sites is 1. The van der Waals surface area contributed by atoms with Crippen molar-refractivity contribution in [3.05, 3.63) is 29.8 Å². The molecule has 0 spiro atoms. The van der Waals surface area contributed by atoms with Crippen molar-refractivity contribution >= 4 is 11.6 Å². The Hall–Kier alpha value is -1.35. The summed E-state index contributed by atoms with van der Waals surface area (Å²) in [7, 11) is 0. The Bertz CT molecular complexity index is 411. The summed E-state index contributed by atoms with van der Waals surface area (Å²) in [6.07, 6.45) is 7.48. The molecule has 104 valence electrons. The molecule has 2 rings (SSSR count). The highest BCUT2D eigenvalue weighted by Crippen LogP contribution is 2.15. The minimum Gasteiger partial charge on any atom is -0.336 e. The van der Waals surface area contributed by atoms with Crippen LogP contribution in [0.25, 0.3) is 0 Å². The van der Waals surface area contributed by atoms with Crippen LogP contribution in [0.1, 0.15) is 44.6 Å². The first-order valence-corrected chi connectivity index (χ1v) is 7.50. The van der Waals surface area contributed by atoms with Crippen LogP contribution >= 0.6 is 0 Å². The highest BCUT2D eigenvalue weighted by molar-refractivity contribution is 5.92. The zero-order chi connectivity index (χ0) is 13.5. The number of hydrogen-bond donors (Lipinski definition) is 2. The Balaban J connectivity index is 1.80. The number of nitrogens with one attached hydrogen (secondary N) is 1. The zero-order valence-electron chi connectivity index (χ0n) is 11.8. The van der Waals surface area contributed by atoms with Crippen LogP contribution in [0.15, 0.2) is 24.3 Å². The van der Waals surface area contributed by atoms with Crippen LogP contribution < -0.4 is 10.6 Å². The lowest BCUT2D eigenvalue weighted by Crippen LogP contribution is -2.91. The third-order valence-corrected chi connectivity index (χ3v) is 3.96. The number of aryl methyl sites for hydroxylation is 1. The summed E-state index contributed by atoms with van der Waals surface area (Å²) >= 11 is 0. The summed E-state index contributed by atoms with van der Waals surface area (Å²) in [6.45, 7) is 2.65. The molecule has 3 N–H and O–H groups in total. The maximum absolute atomic E-state index is 12.0. The summed E-state index contributed by atoms with van der Waals surface area (Å²) in [5, 5.41) is 5.24. The van der Waals surface area contributed by atoms with Crippen LogP contribution in [0.4, 0.5) is 5.69 Å². The second-order valence-electron chi connectivity index (χ2n) is 5.40. The molecular formula is C16H25N2O+. The van der Waals surface area contributed by atoms with E-state index >= 15 is 0 Å². The van der Waals surface area contributed by atoms with E-state index in [0.717, 1.165) is 12.1 Å². The molecule has 1 aromatic rings. The Kier molecular flexibility index (Phi) is 5.40. The van der Waals surface area contributed by atoms with E-state index in [9.17, 15) is 4.79 Å². The first-order chi connectivity index (χ1) is 9.29. The standard InChI is InChI=1S/C16H24N2O/c1-2-13-8-6-7-11-15(13)18-16(19)12-17-14-9-4-3-5-10-14/h6-8,11,14,17H,2-5,9-10,12H2,1H3,(H,18,19)/p+1. The Labute approximate surface area is 115 Å². The van der Waals surface area contributed by atoms with Crippen molar-refractivity contribution in [1.82, 2.24) is 0 Å². The van der Waals surface area contributed by atoms with Crippen LogP contribution in [-0.4, -0.2) is 18.5 Å². The summed E-state index contributed by atoms with van der Waals surface area (Å²) in [4.78, 5) is 12.0. The van der Waals surface area contributed by atoms with Gasteiger partial charge in [-0.2, -0.15) is 0 Å². The van der Waals surface area contributed by atoms with Crippen molar-refractivity contribution in [2.75, 3.05) is 11.9 Å². The van der Waals surface area contributed by atoms with Gasteiger partial charge in [0.1, 0.15) is 0 Å². The van der Waals surface area contributed by atoms with Gasteiger partial charge < -0.3 is 10.6 Å². The molecule has 0 aliphatic heterocycles. The Morgan fingerprint density at radius 3 is 2.74 bits per heavy atom. The molecule has 0 bridgehead atoms. The second-order valence-corrected chi connectivity index (χ2v) is 5.40. The molecule has 1 aromatic carbocycles. The minimum absolute atomic E-state index is 0.117. The van der Waals surface area contributed by atoms with E-state index in [-0.39, 0.29) is 5.91 Å². The van der Waals surface area contributed by atoms with Gasteiger partial charge in [0.2, 0.25) is 0 Å². The summed E-state index contributed by atoms with van der Waals surface area (Å²) in [6, 6.07) is 8.70. The molecule has 1 aliphatic rings. The lowest BCUT2D eigenvalue weighted by molar-refractivity contribution is -0.681. The number of benzene rings is 1. The minimum atomic E-state index is 0.117. The molecule has 1 amide bonds. The molecule has 1 saturated carbocycles. The van der Waals surface area contributed by atoms with E-state index in [1.54, 1.807) is 0 Å². The maximum Gasteiger partial charge on any atom is 0.279 e. The number of carbonyl (C=O) groups is 1. The van der Waals surface area contributed by atoms with Crippen molar-refractivity contribution in [1.29, 1.82) is 0 Å². The fourth-order valence-corrected chi connectivity index (χ4v) is 2.80. The van der Waals surface area contributed by atoms with E-state index in [0.29, 0.717) is 12.6 Å². The van der Waals surface area contributed by atoms with E-state index in [2.05, 4.69) is 23.6 Å². The molecular weight excluding hydrogens is 236 g/mol. The lowest BCUT2D eigenvalue weighted by Gasteiger charge is -2.19. The molecule has 3 nitrogen and oxygen atoms in total. The van der Waals surface area contributed by atoms with Crippen molar-refractivity contribution in [2.45, 2.75) is 51.5 Å². The van der Waals surface area contributed by atoms with Gasteiger partial charge in [-0.3, -0.25) is 4.79 Å². The van der Waals surface area contributed by atoms with Crippen molar-refractivity contribution in [2.24, 2.45) is 0 Å². The first kappa shape index (κ1) is 14.1. The number of carbonyl (C=O) groups excluding carboxylic acids is 1. The van der Waals surface area contributed by atoms with Gasteiger partial charge in [-0.05, 0) is 43.7 Å². The van der Waals surface area contributed by atoms with E-state index in [1.165, 1.54) is 37.7 Å². The monoisotopic (exact) mass is 261 g/mol. The number of nitrogens with two attached hydrogens (primary N) is 1. The Morgan fingerprint density at radius 1 is 1.26 bits per heavy atom. The van der Waals surface area contributed by atoms with Crippen molar-refractivity contribution < 1.29 is 10.1 Å². The fraction of sp³-hybridized carbons (Fsp3) is 0.562. The maximum atomic E-state index is 12.0. The molecule has 0 unspecified atom stereocenters. The number of quaternary nitrogens is 1. The van der Waals surface area contributed by atoms with Crippen LogP contribution in [-0.2, 0) is 11.2 Å². The molecule has 1 aliphatic carbocycles. The first-order valence-electron chi connectivity index (χ1n) is 7.50. The zero-order valence-corrected chi connectivity index (χ0v) is 11.8. The average molecular weight is 261 g/mol. The summed E-state index contributed by atoms with van der Waals surface area (Å²) in [5.41, 5.74) is 2.17. The lowest BCUT2D eigenvalue weighted by atomic mass is 9.95. The largest absolute Gasteiger partial charge is 0.336 e. The van der Waals surface area contributed by atoms with Crippen LogP contribution in [0.5, 0.6) is 0 Å². The van der Waals surface area contributed by atoms with Gasteiger partial charge in [-0.25, -0.2) is 0 Å². The predicted octanol–water partition coefficient (Wildman–Crippen LogP) is 2.08. The Morgan fingerprint density at radius 2 is 2.00 bits per heavy atom. The van der Waals surface area contributed by atoms with E-state index < -0.39 is 0 Å².